The Morgan fingerprint density at radius 1 is 1.16 bits per heavy atom. The summed E-state index contributed by atoms with van der Waals surface area (Å²) in [6.07, 6.45) is 1.92. The number of carbonyl (C=O) groups is 1. The van der Waals surface area contributed by atoms with E-state index in [0.717, 1.165) is 5.57 Å². The number of aromatic carboxylic acids is 1. The summed E-state index contributed by atoms with van der Waals surface area (Å²) < 4.78 is 25.1. The van der Waals surface area contributed by atoms with E-state index >= 15 is 0 Å². The lowest BCUT2D eigenvalue weighted by atomic mass is 9.97. The van der Waals surface area contributed by atoms with Gasteiger partial charge >= 0.3 is 5.97 Å². The molecular formula is C20H21FO4. The Bertz CT molecular complexity index is 792. The molecule has 5 heteroatoms. The summed E-state index contributed by atoms with van der Waals surface area (Å²) in [4.78, 5) is 11.2. The zero-order valence-corrected chi connectivity index (χ0v) is 14.5. The molecule has 0 saturated heterocycles. The normalized spacial score (nSPS) is 10.4. The van der Waals surface area contributed by atoms with Gasteiger partial charge in [0.25, 0.3) is 0 Å². The molecule has 0 aliphatic rings. The lowest BCUT2D eigenvalue weighted by molar-refractivity contribution is 0.0696. The van der Waals surface area contributed by atoms with Crippen LogP contribution in [0.4, 0.5) is 4.39 Å². The molecule has 0 spiro atoms. The van der Waals surface area contributed by atoms with E-state index in [1.54, 1.807) is 12.1 Å². The monoisotopic (exact) mass is 344 g/mol. The van der Waals surface area contributed by atoms with Crippen molar-refractivity contribution in [1.82, 2.24) is 0 Å². The summed E-state index contributed by atoms with van der Waals surface area (Å²) in [5.41, 5.74) is 2.79. The highest BCUT2D eigenvalue weighted by atomic mass is 19.1. The molecule has 132 valence electrons. The van der Waals surface area contributed by atoms with E-state index in [2.05, 4.69) is 0 Å². The van der Waals surface area contributed by atoms with E-state index in [4.69, 9.17) is 9.47 Å². The minimum absolute atomic E-state index is 0.132. The molecule has 0 aliphatic heterocycles. The fourth-order valence-electron chi connectivity index (χ4n) is 2.34. The number of hydrogen-bond acceptors (Lipinski definition) is 3. The number of halogens is 1. The summed E-state index contributed by atoms with van der Waals surface area (Å²) in [7, 11) is 1.51. The number of methoxy groups -OCH3 is 1. The maximum Gasteiger partial charge on any atom is 0.335 e. The van der Waals surface area contributed by atoms with Gasteiger partial charge in [0.15, 0.2) is 0 Å². The van der Waals surface area contributed by atoms with Crippen molar-refractivity contribution in [3.8, 4) is 16.9 Å². The summed E-state index contributed by atoms with van der Waals surface area (Å²) in [6.45, 7) is 4.51. The molecule has 4 nitrogen and oxygen atoms in total. The van der Waals surface area contributed by atoms with Crippen LogP contribution in [0.2, 0.25) is 0 Å². The lowest BCUT2D eigenvalue weighted by Gasteiger charge is -2.13. The van der Waals surface area contributed by atoms with E-state index in [0.29, 0.717) is 29.0 Å². The molecule has 2 aromatic carbocycles. The van der Waals surface area contributed by atoms with Gasteiger partial charge in [-0.2, -0.15) is 0 Å². The van der Waals surface area contributed by atoms with Crippen molar-refractivity contribution in [2.45, 2.75) is 20.5 Å². The molecule has 0 aliphatic carbocycles. The number of carboxylic acid groups (broad SMARTS) is 1. The number of hydrogen-bond donors (Lipinski definition) is 1. The molecule has 0 unspecified atom stereocenters. The first kappa shape index (κ1) is 18.7. The van der Waals surface area contributed by atoms with Crippen molar-refractivity contribution in [3.05, 3.63) is 65.0 Å². The largest absolute Gasteiger partial charge is 0.497 e. The van der Waals surface area contributed by atoms with Gasteiger partial charge in [0.1, 0.15) is 11.6 Å². The minimum atomic E-state index is -1.04. The quantitative estimate of drug-likeness (QED) is 0.585. The van der Waals surface area contributed by atoms with Crippen LogP contribution < -0.4 is 4.74 Å². The van der Waals surface area contributed by atoms with Gasteiger partial charge in [-0.15, -0.1) is 0 Å². The van der Waals surface area contributed by atoms with Gasteiger partial charge in [-0.3, -0.25) is 0 Å². The van der Waals surface area contributed by atoms with Crippen LogP contribution in [-0.2, 0) is 11.3 Å². The topological polar surface area (TPSA) is 55.8 Å². The van der Waals surface area contributed by atoms with Gasteiger partial charge in [0.2, 0.25) is 0 Å². The van der Waals surface area contributed by atoms with Gasteiger partial charge in [-0.1, -0.05) is 17.7 Å². The second kappa shape index (κ2) is 8.44. The van der Waals surface area contributed by atoms with Gasteiger partial charge in [0, 0.05) is 5.56 Å². The van der Waals surface area contributed by atoms with Crippen LogP contribution in [0.25, 0.3) is 11.1 Å². The molecule has 0 heterocycles. The molecule has 1 N–H and O–H groups in total. The zero-order chi connectivity index (χ0) is 18.4. The van der Waals surface area contributed by atoms with Gasteiger partial charge in [-0.05, 0) is 55.3 Å². The highest BCUT2D eigenvalue weighted by Crippen LogP contribution is 2.31. The van der Waals surface area contributed by atoms with Gasteiger partial charge in [0.05, 0.1) is 25.9 Å². The molecule has 2 aromatic rings. The fraction of sp³-hybridized carbons (Fsp3) is 0.250. The smallest absolute Gasteiger partial charge is 0.335 e. The Morgan fingerprint density at radius 3 is 2.56 bits per heavy atom. The Hall–Kier alpha value is -2.66. The third kappa shape index (κ3) is 4.90. The van der Waals surface area contributed by atoms with Crippen LogP contribution in [0.15, 0.2) is 48.0 Å². The molecular weight excluding hydrogens is 323 g/mol. The highest BCUT2D eigenvalue weighted by molar-refractivity contribution is 5.89. The van der Waals surface area contributed by atoms with E-state index < -0.39 is 11.8 Å². The third-order valence-electron chi connectivity index (χ3n) is 3.68. The van der Waals surface area contributed by atoms with E-state index in [9.17, 15) is 14.3 Å². The third-order valence-corrected chi connectivity index (χ3v) is 3.68. The maximum atomic E-state index is 14.3. The van der Waals surface area contributed by atoms with Gasteiger partial charge in [-0.25, -0.2) is 9.18 Å². The number of rotatable bonds is 7. The Balaban J connectivity index is 2.42. The first-order chi connectivity index (χ1) is 11.9. The maximum absolute atomic E-state index is 14.3. The number of ether oxygens (including phenoxy) is 2. The van der Waals surface area contributed by atoms with Crippen molar-refractivity contribution in [1.29, 1.82) is 0 Å². The lowest BCUT2D eigenvalue weighted by Crippen LogP contribution is -2.02. The molecule has 0 fully saturated rings. The minimum Gasteiger partial charge on any atom is -0.497 e. The van der Waals surface area contributed by atoms with Crippen molar-refractivity contribution < 1.29 is 23.8 Å². The van der Waals surface area contributed by atoms with E-state index in [1.807, 2.05) is 19.9 Å². The first-order valence-electron chi connectivity index (χ1n) is 7.83. The summed E-state index contributed by atoms with van der Waals surface area (Å²) >= 11 is 0. The molecule has 0 saturated carbocycles. The molecule has 0 radical (unpaired) electrons. The standard InChI is InChI=1S/C20H21FO4/c1-13(2)8-9-25-12-15-10-14(20(22)23)4-6-17(15)18-11-16(24-3)5-7-19(18)21/h4-8,10-11H,9,12H2,1-3H3,(H,22,23). The highest BCUT2D eigenvalue weighted by Gasteiger charge is 2.14. The van der Waals surface area contributed by atoms with Crippen LogP contribution in [0.1, 0.15) is 29.8 Å². The van der Waals surface area contributed by atoms with Crippen LogP contribution in [-0.4, -0.2) is 24.8 Å². The van der Waals surface area contributed by atoms with E-state index in [-0.39, 0.29) is 12.2 Å². The summed E-state index contributed by atoms with van der Waals surface area (Å²) in [6, 6.07) is 9.02. The number of benzene rings is 2. The molecule has 0 aromatic heterocycles. The SMILES string of the molecule is COc1ccc(F)c(-c2ccc(C(=O)O)cc2COCC=C(C)C)c1. The second-order valence-electron chi connectivity index (χ2n) is 5.82. The summed E-state index contributed by atoms with van der Waals surface area (Å²) in [5.74, 6) is -0.923. The van der Waals surface area contributed by atoms with E-state index in [1.165, 1.54) is 31.4 Å². The molecule has 25 heavy (non-hydrogen) atoms. The Kier molecular flexibility index (Phi) is 6.31. The average molecular weight is 344 g/mol. The number of allylic oxidation sites excluding steroid dienone is 1. The van der Waals surface area contributed by atoms with Crippen LogP contribution in [0.5, 0.6) is 5.75 Å². The Morgan fingerprint density at radius 2 is 1.92 bits per heavy atom. The van der Waals surface area contributed by atoms with Gasteiger partial charge < -0.3 is 14.6 Å². The van der Waals surface area contributed by atoms with Crippen LogP contribution >= 0.6 is 0 Å². The predicted octanol–water partition coefficient (Wildman–Crippen LogP) is 4.68. The second-order valence-corrected chi connectivity index (χ2v) is 5.82. The van der Waals surface area contributed by atoms with Crippen molar-refractivity contribution >= 4 is 5.97 Å². The van der Waals surface area contributed by atoms with Crippen LogP contribution in [0, 0.1) is 5.82 Å². The van der Waals surface area contributed by atoms with Crippen molar-refractivity contribution in [2.75, 3.05) is 13.7 Å². The summed E-state index contributed by atoms with van der Waals surface area (Å²) in [5, 5.41) is 9.21. The first-order valence-corrected chi connectivity index (χ1v) is 7.83. The average Bonchev–Trinajstić information content (AvgIpc) is 2.59. The van der Waals surface area contributed by atoms with Crippen molar-refractivity contribution in [2.24, 2.45) is 0 Å². The number of carboxylic acids is 1. The van der Waals surface area contributed by atoms with Crippen LogP contribution in [0.3, 0.4) is 0 Å². The Labute approximate surface area is 146 Å². The molecule has 0 bridgehead atoms. The molecule has 0 atom stereocenters. The zero-order valence-electron chi connectivity index (χ0n) is 14.5. The van der Waals surface area contributed by atoms with Crippen molar-refractivity contribution in [3.63, 3.8) is 0 Å². The predicted molar refractivity (Wildman–Crippen MR) is 94.4 cm³/mol. The molecule has 0 amide bonds. The fourth-order valence-corrected chi connectivity index (χ4v) is 2.34. The molecule has 2 rings (SSSR count).